The van der Waals surface area contributed by atoms with E-state index in [1.165, 1.54) is 33.8 Å². The molecule has 28 heavy (non-hydrogen) atoms. The predicted molar refractivity (Wildman–Crippen MR) is 115 cm³/mol. The van der Waals surface area contributed by atoms with Gasteiger partial charge in [0.15, 0.2) is 5.13 Å². The maximum atomic E-state index is 12.7. The monoisotopic (exact) mass is 455 g/mol. The van der Waals surface area contributed by atoms with Crippen LogP contribution in [0.1, 0.15) is 24.2 Å². The molecule has 148 valence electrons. The van der Waals surface area contributed by atoms with E-state index in [-0.39, 0.29) is 15.5 Å². The van der Waals surface area contributed by atoms with Crippen LogP contribution in [-0.2, 0) is 10.0 Å². The van der Waals surface area contributed by atoms with Crippen molar-refractivity contribution in [2.24, 2.45) is 0 Å². The second-order valence-corrected chi connectivity index (χ2v) is 9.85. The summed E-state index contributed by atoms with van der Waals surface area (Å²) in [7, 11) is -3.69. The standard InChI is InChI=1S/C18H18ClN3O3S3/c1-3-22(4-2)28(24,25)12-7-8-14(19)13(10-12)17(23)21-18-20-15(11-27-18)16-6-5-9-26-16/h5-11H,3-4H2,1-2H3,(H,20,21,23). The van der Waals surface area contributed by atoms with Gasteiger partial charge in [0.2, 0.25) is 10.0 Å². The molecule has 1 N–H and O–H groups in total. The molecule has 10 heteroatoms. The Bertz CT molecular complexity index is 1070. The lowest BCUT2D eigenvalue weighted by atomic mass is 10.2. The molecule has 6 nitrogen and oxygen atoms in total. The quantitative estimate of drug-likeness (QED) is 0.554. The van der Waals surface area contributed by atoms with Crippen LogP contribution in [-0.4, -0.2) is 36.7 Å². The number of hydrogen-bond donors (Lipinski definition) is 1. The van der Waals surface area contributed by atoms with Crippen molar-refractivity contribution < 1.29 is 13.2 Å². The van der Waals surface area contributed by atoms with Crippen LogP contribution < -0.4 is 5.32 Å². The molecule has 0 fully saturated rings. The molecule has 0 spiro atoms. The van der Waals surface area contributed by atoms with Crippen molar-refractivity contribution in [2.75, 3.05) is 18.4 Å². The number of hydrogen-bond acceptors (Lipinski definition) is 6. The highest BCUT2D eigenvalue weighted by Crippen LogP contribution is 2.29. The minimum Gasteiger partial charge on any atom is -0.298 e. The Kier molecular flexibility index (Phi) is 6.51. The van der Waals surface area contributed by atoms with Crippen molar-refractivity contribution in [1.29, 1.82) is 0 Å². The predicted octanol–water partition coefficient (Wildman–Crippen LogP) is 4.81. The number of nitrogens with one attached hydrogen (secondary N) is 1. The average molecular weight is 456 g/mol. The van der Waals surface area contributed by atoms with Crippen molar-refractivity contribution in [3.63, 3.8) is 0 Å². The third-order valence-electron chi connectivity index (χ3n) is 4.02. The number of benzene rings is 1. The molecule has 2 heterocycles. The molecule has 3 aromatic rings. The van der Waals surface area contributed by atoms with E-state index in [2.05, 4.69) is 10.3 Å². The lowest BCUT2D eigenvalue weighted by Gasteiger charge is -2.19. The number of carbonyl (C=O) groups is 1. The minimum absolute atomic E-state index is 0.0316. The van der Waals surface area contributed by atoms with Gasteiger partial charge >= 0.3 is 0 Å². The number of carbonyl (C=O) groups excluding carboxylic acids is 1. The molecule has 0 bridgehead atoms. The maximum Gasteiger partial charge on any atom is 0.259 e. The summed E-state index contributed by atoms with van der Waals surface area (Å²) in [6, 6.07) is 8.01. The number of amides is 1. The Morgan fingerprint density at radius 2 is 1.96 bits per heavy atom. The molecule has 0 aliphatic heterocycles. The zero-order valence-electron chi connectivity index (χ0n) is 15.2. The van der Waals surface area contributed by atoms with Gasteiger partial charge in [0.05, 0.1) is 26.1 Å². The molecule has 0 saturated heterocycles. The molecule has 0 saturated carbocycles. The molecule has 1 amide bonds. The van der Waals surface area contributed by atoms with Crippen LogP contribution in [0.25, 0.3) is 10.6 Å². The van der Waals surface area contributed by atoms with Crippen LogP contribution in [0.3, 0.4) is 0 Å². The van der Waals surface area contributed by atoms with Gasteiger partial charge in [-0.25, -0.2) is 13.4 Å². The fourth-order valence-corrected chi connectivity index (χ4v) is 5.74. The Morgan fingerprint density at radius 3 is 2.61 bits per heavy atom. The number of rotatable bonds is 7. The third-order valence-corrected chi connectivity index (χ3v) is 8.05. The highest BCUT2D eigenvalue weighted by molar-refractivity contribution is 7.89. The van der Waals surface area contributed by atoms with Gasteiger partial charge in [-0.2, -0.15) is 4.31 Å². The van der Waals surface area contributed by atoms with E-state index in [9.17, 15) is 13.2 Å². The highest BCUT2D eigenvalue weighted by atomic mass is 35.5. The van der Waals surface area contributed by atoms with E-state index in [1.807, 2.05) is 22.9 Å². The van der Waals surface area contributed by atoms with E-state index in [4.69, 9.17) is 11.6 Å². The number of nitrogens with zero attached hydrogens (tertiary/aromatic N) is 2. The van der Waals surface area contributed by atoms with Crippen molar-refractivity contribution in [2.45, 2.75) is 18.7 Å². The minimum atomic E-state index is -3.69. The average Bonchev–Trinajstić information content (AvgIpc) is 3.34. The van der Waals surface area contributed by atoms with E-state index in [0.717, 1.165) is 10.6 Å². The third kappa shape index (κ3) is 4.28. The number of aromatic nitrogens is 1. The zero-order chi connectivity index (χ0) is 20.3. The molecule has 0 aliphatic carbocycles. The molecule has 0 aliphatic rings. The number of thiazole rings is 1. The summed E-state index contributed by atoms with van der Waals surface area (Å²) in [5.74, 6) is -0.506. The van der Waals surface area contributed by atoms with Crippen molar-refractivity contribution in [3.05, 3.63) is 51.7 Å². The summed E-state index contributed by atoms with van der Waals surface area (Å²) >= 11 is 9.01. The second-order valence-electron chi connectivity index (χ2n) is 5.70. The maximum absolute atomic E-state index is 12.7. The van der Waals surface area contributed by atoms with Crippen LogP contribution in [0.5, 0.6) is 0 Å². The summed E-state index contributed by atoms with van der Waals surface area (Å²) in [5.41, 5.74) is 0.863. The van der Waals surface area contributed by atoms with Gasteiger partial charge in [-0.05, 0) is 29.6 Å². The first-order chi connectivity index (χ1) is 13.4. The number of halogens is 1. The van der Waals surface area contributed by atoms with E-state index in [0.29, 0.717) is 18.2 Å². The summed E-state index contributed by atoms with van der Waals surface area (Å²) in [4.78, 5) is 18.1. The second kappa shape index (κ2) is 8.71. The van der Waals surface area contributed by atoms with Crippen molar-refractivity contribution >= 4 is 55.3 Å². The Labute approximate surface area is 176 Å². The highest BCUT2D eigenvalue weighted by Gasteiger charge is 2.24. The van der Waals surface area contributed by atoms with Gasteiger partial charge in [-0.15, -0.1) is 22.7 Å². The van der Waals surface area contributed by atoms with E-state index < -0.39 is 15.9 Å². The SMILES string of the molecule is CCN(CC)S(=O)(=O)c1ccc(Cl)c(C(=O)Nc2nc(-c3cccs3)cs2)c1. The lowest BCUT2D eigenvalue weighted by molar-refractivity contribution is 0.102. The number of anilines is 1. The lowest BCUT2D eigenvalue weighted by Crippen LogP contribution is -2.30. The molecule has 1 aromatic carbocycles. The zero-order valence-corrected chi connectivity index (χ0v) is 18.4. The van der Waals surface area contributed by atoms with Crippen LogP contribution >= 0.6 is 34.3 Å². The molecule has 2 aromatic heterocycles. The van der Waals surface area contributed by atoms with Crippen molar-refractivity contribution in [3.8, 4) is 10.6 Å². The first-order valence-electron chi connectivity index (χ1n) is 8.47. The van der Waals surface area contributed by atoms with Crippen LogP contribution in [0.4, 0.5) is 5.13 Å². The first-order valence-corrected chi connectivity index (χ1v) is 12.0. The Hall–Kier alpha value is -1.78. The van der Waals surface area contributed by atoms with E-state index >= 15 is 0 Å². The smallest absolute Gasteiger partial charge is 0.259 e. The molecule has 3 rings (SSSR count). The van der Waals surface area contributed by atoms with Crippen LogP contribution in [0.2, 0.25) is 5.02 Å². The van der Waals surface area contributed by atoms with Gasteiger partial charge in [0, 0.05) is 18.5 Å². The van der Waals surface area contributed by atoms with Gasteiger partial charge in [-0.1, -0.05) is 31.5 Å². The fraction of sp³-hybridized carbons (Fsp3) is 0.222. The molecular weight excluding hydrogens is 438 g/mol. The molecular formula is C18H18ClN3O3S3. The van der Waals surface area contributed by atoms with Crippen LogP contribution in [0, 0.1) is 0 Å². The molecule has 0 radical (unpaired) electrons. The fourth-order valence-electron chi connectivity index (χ4n) is 2.58. The van der Waals surface area contributed by atoms with Crippen molar-refractivity contribution in [1.82, 2.24) is 9.29 Å². The van der Waals surface area contributed by atoms with Crippen LogP contribution in [0.15, 0.2) is 46.0 Å². The summed E-state index contributed by atoms with van der Waals surface area (Å²) in [6.45, 7) is 4.21. The largest absolute Gasteiger partial charge is 0.298 e. The van der Waals surface area contributed by atoms with Gasteiger partial charge in [-0.3, -0.25) is 10.1 Å². The Balaban J connectivity index is 1.86. The van der Waals surface area contributed by atoms with Gasteiger partial charge < -0.3 is 0 Å². The normalized spacial score (nSPS) is 11.7. The van der Waals surface area contributed by atoms with Gasteiger partial charge in [0.25, 0.3) is 5.91 Å². The van der Waals surface area contributed by atoms with Gasteiger partial charge in [0.1, 0.15) is 0 Å². The molecule has 0 atom stereocenters. The number of sulfonamides is 1. The Morgan fingerprint density at radius 1 is 1.21 bits per heavy atom. The summed E-state index contributed by atoms with van der Waals surface area (Å²) in [5, 5.41) is 7.09. The first kappa shape index (κ1) is 20.9. The number of thiophene rings is 1. The summed E-state index contributed by atoms with van der Waals surface area (Å²) < 4.78 is 26.8. The topological polar surface area (TPSA) is 79.4 Å². The summed E-state index contributed by atoms with van der Waals surface area (Å²) in [6.07, 6.45) is 0. The van der Waals surface area contributed by atoms with E-state index in [1.54, 1.807) is 25.2 Å². The molecule has 0 unspecified atom stereocenters.